The van der Waals surface area contributed by atoms with E-state index >= 15 is 0 Å². The van der Waals surface area contributed by atoms with Crippen molar-refractivity contribution in [2.75, 3.05) is 0 Å². The highest BCUT2D eigenvalue weighted by molar-refractivity contribution is 5.76. The Morgan fingerprint density at radius 2 is 1.97 bits per heavy atom. The number of hydrogen-bond acceptors (Lipinski definition) is 5. The van der Waals surface area contributed by atoms with Crippen molar-refractivity contribution in [3.63, 3.8) is 0 Å². The van der Waals surface area contributed by atoms with Gasteiger partial charge in [0.1, 0.15) is 5.65 Å². The van der Waals surface area contributed by atoms with Gasteiger partial charge in [-0.2, -0.15) is 13.2 Å². The van der Waals surface area contributed by atoms with Crippen LogP contribution in [-0.2, 0) is 22.6 Å². The first-order valence-corrected chi connectivity index (χ1v) is 8.41. The number of amides is 1. The van der Waals surface area contributed by atoms with Crippen molar-refractivity contribution in [3.8, 4) is 0 Å². The Kier molecular flexibility index (Phi) is 7.23. The summed E-state index contributed by atoms with van der Waals surface area (Å²) in [6.45, 7) is 2.46. The minimum atomic E-state index is -5.08. The Hall–Kier alpha value is -3.50. The lowest BCUT2D eigenvalue weighted by atomic mass is 10.2. The number of carbonyl (C=O) groups is 2. The number of pyridine rings is 1. The van der Waals surface area contributed by atoms with Gasteiger partial charge in [0.25, 0.3) is 0 Å². The lowest BCUT2D eigenvalue weighted by Crippen LogP contribution is -2.23. The first-order chi connectivity index (χ1) is 13.6. The molecule has 0 aliphatic heterocycles. The number of aromatic nitrogens is 4. The molecule has 3 aromatic heterocycles. The summed E-state index contributed by atoms with van der Waals surface area (Å²) in [5.41, 5.74) is 3.72. The van der Waals surface area contributed by atoms with E-state index in [0.29, 0.717) is 19.4 Å². The maximum Gasteiger partial charge on any atom is 0.490 e. The number of rotatable bonds is 5. The van der Waals surface area contributed by atoms with E-state index in [9.17, 15) is 18.0 Å². The smallest absolute Gasteiger partial charge is 0.475 e. The van der Waals surface area contributed by atoms with Crippen molar-refractivity contribution in [3.05, 3.63) is 60.1 Å². The van der Waals surface area contributed by atoms with Crippen LogP contribution in [0.1, 0.15) is 23.4 Å². The van der Waals surface area contributed by atoms with Crippen molar-refractivity contribution in [2.24, 2.45) is 0 Å². The topological polar surface area (TPSA) is 109 Å². The molecule has 0 bridgehead atoms. The molecule has 3 aromatic rings. The molecule has 0 aromatic carbocycles. The summed E-state index contributed by atoms with van der Waals surface area (Å²) in [6, 6.07) is 4.04. The number of alkyl halides is 3. The number of aliphatic carboxylic acids is 1. The van der Waals surface area contributed by atoms with Crippen LogP contribution in [0.5, 0.6) is 0 Å². The molecule has 0 aliphatic rings. The average molecular weight is 409 g/mol. The van der Waals surface area contributed by atoms with Gasteiger partial charge in [0.15, 0.2) is 0 Å². The Balaban J connectivity index is 0.000000370. The number of nitrogens with one attached hydrogen (secondary N) is 1. The molecule has 0 saturated carbocycles. The molecule has 11 heteroatoms. The fourth-order valence-corrected chi connectivity index (χ4v) is 2.20. The number of nitrogens with zero attached hydrogens (tertiary/aromatic N) is 4. The zero-order chi connectivity index (χ0) is 21.4. The van der Waals surface area contributed by atoms with Gasteiger partial charge in [-0.3, -0.25) is 14.8 Å². The van der Waals surface area contributed by atoms with Crippen LogP contribution in [0.25, 0.3) is 5.65 Å². The monoisotopic (exact) mass is 409 g/mol. The lowest BCUT2D eigenvalue weighted by molar-refractivity contribution is -0.192. The maximum atomic E-state index is 11.9. The number of fused-ring (bicyclic) bond motifs is 1. The SMILES string of the molecule is Cc1ccn2cc(CNC(=O)CCc3cnccn3)nc2c1.O=C(O)C(F)(F)F. The predicted octanol–water partition coefficient (Wildman–Crippen LogP) is 2.32. The van der Waals surface area contributed by atoms with E-state index in [-0.39, 0.29) is 5.91 Å². The third-order valence-corrected chi connectivity index (χ3v) is 3.60. The third-order valence-electron chi connectivity index (χ3n) is 3.60. The average Bonchev–Trinajstić information content (AvgIpc) is 3.07. The second-order valence-electron chi connectivity index (χ2n) is 5.98. The molecular formula is C18H18F3N5O3. The highest BCUT2D eigenvalue weighted by Crippen LogP contribution is 2.13. The van der Waals surface area contributed by atoms with Gasteiger partial charge in [0.2, 0.25) is 5.91 Å². The first-order valence-electron chi connectivity index (χ1n) is 8.41. The Morgan fingerprint density at radius 1 is 1.24 bits per heavy atom. The number of aryl methyl sites for hydroxylation is 2. The minimum Gasteiger partial charge on any atom is -0.475 e. The molecule has 0 radical (unpaired) electrons. The predicted molar refractivity (Wildman–Crippen MR) is 95.8 cm³/mol. The number of carboxylic acid groups (broad SMARTS) is 1. The number of carbonyl (C=O) groups excluding carboxylic acids is 1. The molecule has 3 rings (SSSR count). The van der Waals surface area contributed by atoms with E-state index in [1.807, 2.05) is 35.9 Å². The van der Waals surface area contributed by atoms with Crippen LogP contribution in [0, 0.1) is 6.92 Å². The lowest BCUT2D eigenvalue weighted by Gasteiger charge is -2.02. The number of halogens is 3. The van der Waals surface area contributed by atoms with Crippen molar-refractivity contribution < 1.29 is 27.9 Å². The molecule has 2 N–H and O–H groups in total. The number of imidazole rings is 1. The molecule has 0 fully saturated rings. The van der Waals surface area contributed by atoms with E-state index in [0.717, 1.165) is 22.6 Å². The normalized spacial score (nSPS) is 10.9. The summed E-state index contributed by atoms with van der Waals surface area (Å²) in [4.78, 5) is 33.4. The van der Waals surface area contributed by atoms with Gasteiger partial charge in [-0.25, -0.2) is 9.78 Å². The first kappa shape index (κ1) is 21.8. The van der Waals surface area contributed by atoms with Gasteiger partial charge in [0.05, 0.1) is 17.9 Å². The standard InChI is InChI=1S/C16H17N5O.C2HF3O2/c1-12-4-7-21-11-14(20-15(21)8-12)10-19-16(22)3-2-13-9-17-5-6-18-13;3-2(4,5)1(6)7/h4-9,11H,2-3,10H2,1H3,(H,19,22);(H,6,7). The van der Waals surface area contributed by atoms with E-state index in [1.54, 1.807) is 18.6 Å². The quantitative estimate of drug-likeness (QED) is 0.669. The summed E-state index contributed by atoms with van der Waals surface area (Å²) >= 11 is 0. The van der Waals surface area contributed by atoms with Gasteiger partial charge in [0, 0.05) is 37.4 Å². The summed E-state index contributed by atoms with van der Waals surface area (Å²) in [6.07, 6.45) is 4.72. The van der Waals surface area contributed by atoms with Crippen LogP contribution >= 0.6 is 0 Å². The van der Waals surface area contributed by atoms with Gasteiger partial charge in [-0.15, -0.1) is 0 Å². The summed E-state index contributed by atoms with van der Waals surface area (Å²) in [7, 11) is 0. The molecular weight excluding hydrogens is 391 g/mol. The highest BCUT2D eigenvalue weighted by atomic mass is 19.4. The van der Waals surface area contributed by atoms with E-state index in [2.05, 4.69) is 20.3 Å². The maximum absolute atomic E-state index is 11.9. The summed E-state index contributed by atoms with van der Waals surface area (Å²) in [5, 5.41) is 10.0. The molecule has 3 heterocycles. The zero-order valence-corrected chi connectivity index (χ0v) is 15.3. The van der Waals surface area contributed by atoms with Crippen LogP contribution in [-0.4, -0.2) is 42.5 Å². The van der Waals surface area contributed by atoms with Gasteiger partial charge in [-0.05, 0) is 31.0 Å². The van der Waals surface area contributed by atoms with Crippen LogP contribution in [0.3, 0.4) is 0 Å². The molecule has 0 aliphatic carbocycles. The van der Waals surface area contributed by atoms with Crippen LogP contribution in [0.2, 0.25) is 0 Å². The number of carboxylic acids is 1. The molecule has 29 heavy (non-hydrogen) atoms. The van der Waals surface area contributed by atoms with E-state index in [1.165, 1.54) is 0 Å². The van der Waals surface area contributed by atoms with Crippen LogP contribution in [0.4, 0.5) is 13.2 Å². The molecule has 0 spiro atoms. The van der Waals surface area contributed by atoms with Crippen molar-refractivity contribution in [1.29, 1.82) is 0 Å². The second kappa shape index (κ2) is 9.62. The van der Waals surface area contributed by atoms with Crippen molar-refractivity contribution in [1.82, 2.24) is 24.7 Å². The zero-order valence-electron chi connectivity index (χ0n) is 15.3. The second-order valence-corrected chi connectivity index (χ2v) is 5.98. The Labute approximate surface area is 163 Å². The molecule has 1 amide bonds. The molecule has 0 unspecified atom stereocenters. The highest BCUT2D eigenvalue weighted by Gasteiger charge is 2.38. The van der Waals surface area contributed by atoms with E-state index in [4.69, 9.17) is 9.90 Å². The van der Waals surface area contributed by atoms with E-state index < -0.39 is 12.1 Å². The fraction of sp³-hybridized carbons (Fsp3) is 0.278. The molecule has 0 atom stereocenters. The van der Waals surface area contributed by atoms with Gasteiger partial charge < -0.3 is 14.8 Å². The molecule has 154 valence electrons. The van der Waals surface area contributed by atoms with Crippen LogP contribution in [0.15, 0.2) is 43.1 Å². The molecule has 0 saturated heterocycles. The van der Waals surface area contributed by atoms with Gasteiger partial charge in [-0.1, -0.05) is 0 Å². The largest absolute Gasteiger partial charge is 0.490 e. The Bertz CT molecular complexity index is 974. The van der Waals surface area contributed by atoms with Gasteiger partial charge >= 0.3 is 12.1 Å². The minimum absolute atomic E-state index is 0.0149. The molecule has 8 nitrogen and oxygen atoms in total. The van der Waals surface area contributed by atoms with Crippen LogP contribution < -0.4 is 5.32 Å². The summed E-state index contributed by atoms with van der Waals surface area (Å²) in [5.74, 6) is -2.77. The Morgan fingerprint density at radius 3 is 2.59 bits per heavy atom. The number of hydrogen-bond donors (Lipinski definition) is 2. The van der Waals surface area contributed by atoms with Crippen molar-refractivity contribution in [2.45, 2.75) is 32.5 Å². The van der Waals surface area contributed by atoms with Crippen molar-refractivity contribution >= 4 is 17.5 Å². The third kappa shape index (κ3) is 7.20. The fourth-order valence-electron chi connectivity index (χ4n) is 2.20. The summed E-state index contributed by atoms with van der Waals surface area (Å²) < 4.78 is 33.7.